The Morgan fingerprint density at radius 1 is 1.03 bits per heavy atom. The molecule has 0 saturated heterocycles. The van der Waals surface area contributed by atoms with Crippen LogP contribution in [0.5, 0.6) is 0 Å². The van der Waals surface area contributed by atoms with E-state index in [4.69, 9.17) is 0 Å². The van der Waals surface area contributed by atoms with Crippen LogP contribution < -0.4 is 10.9 Å². The molecule has 1 amide bonds. The third-order valence-electron chi connectivity index (χ3n) is 5.24. The van der Waals surface area contributed by atoms with Gasteiger partial charge in [-0.15, -0.1) is 0 Å². The zero-order valence-electron chi connectivity index (χ0n) is 18.5. The summed E-state index contributed by atoms with van der Waals surface area (Å²) in [7, 11) is -3.66. The second-order valence-electron chi connectivity index (χ2n) is 7.35. The van der Waals surface area contributed by atoms with E-state index < -0.39 is 15.9 Å². The standard InChI is InChI=1S/C23H28N4O4S/c1-4-7-15-27-23(29)20-14-9-8-13-19(20)21(25-27)22(28)24-17-11-10-12-18(16-17)32(30,31)26(5-2)6-3/h8-14,16H,4-7,15H2,1-3H3,(H,24,28). The number of hydrogen-bond donors (Lipinski definition) is 1. The van der Waals surface area contributed by atoms with E-state index in [0.29, 0.717) is 36.1 Å². The molecule has 1 aromatic heterocycles. The molecule has 8 nitrogen and oxygen atoms in total. The van der Waals surface area contributed by atoms with E-state index >= 15 is 0 Å². The summed E-state index contributed by atoms with van der Waals surface area (Å²) in [5, 5.41) is 7.94. The van der Waals surface area contributed by atoms with Crippen molar-refractivity contribution in [3.63, 3.8) is 0 Å². The van der Waals surface area contributed by atoms with Crippen molar-refractivity contribution in [1.29, 1.82) is 0 Å². The number of aromatic nitrogens is 2. The molecule has 0 bridgehead atoms. The number of fused-ring (bicyclic) bond motifs is 1. The van der Waals surface area contributed by atoms with Crippen molar-refractivity contribution < 1.29 is 13.2 Å². The van der Waals surface area contributed by atoms with Crippen molar-refractivity contribution in [2.45, 2.75) is 45.1 Å². The highest BCUT2D eigenvalue weighted by Gasteiger charge is 2.22. The maximum atomic E-state index is 13.1. The topological polar surface area (TPSA) is 101 Å². The van der Waals surface area contributed by atoms with E-state index in [-0.39, 0.29) is 16.1 Å². The van der Waals surface area contributed by atoms with Gasteiger partial charge in [0.1, 0.15) is 0 Å². The molecule has 32 heavy (non-hydrogen) atoms. The summed E-state index contributed by atoms with van der Waals surface area (Å²) < 4.78 is 28.3. The number of amides is 1. The normalized spacial score (nSPS) is 11.8. The minimum absolute atomic E-state index is 0.102. The highest BCUT2D eigenvalue weighted by atomic mass is 32.2. The van der Waals surface area contributed by atoms with E-state index in [1.54, 1.807) is 50.2 Å². The smallest absolute Gasteiger partial charge is 0.276 e. The van der Waals surface area contributed by atoms with Gasteiger partial charge in [0.25, 0.3) is 11.5 Å². The van der Waals surface area contributed by atoms with Gasteiger partial charge in [-0.3, -0.25) is 9.59 Å². The molecule has 3 aromatic rings. The maximum absolute atomic E-state index is 13.1. The van der Waals surface area contributed by atoms with E-state index in [1.807, 2.05) is 6.92 Å². The Balaban J connectivity index is 1.99. The number of anilines is 1. The van der Waals surface area contributed by atoms with Crippen LogP contribution in [0.3, 0.4) is 0 Å². The van der Waals surface area contributed by atoms with Gasteiger partial charge in [0.15, 0.2) is 5.69 Å². The minimum atomic E-state index is -3.66. The molecular formula is C23H28N4O4S. The van der Waals surface area contributed by atoms with Crippen LogP contribution in [-0.2, 0) is 16.6 Å². The summed E-state index contributed by atoms with van der Waals surface area (Å²) in [5.41, 5.74) is 0.214. The molecule has 0 aliphatic carbocycles. The lowest BCUT2D eigenvalue weighted by Gasteiger charge is -2.19. The maximum Gasteiger partial charge on any atom is 0.276 e. The van der Waals surface area contributed by atoms with Crippen LogP contribution in [0.25, 0.3) is 10.8 Å². The number of nitrogens with one attached hydrogen (secondary N) is 1. The molecule has 0 fully saturated rings. The highest BCUT2D eigenvalue weighted by molar-refractivity contribution is 7.89. The van der Waals surface area contributed by atoms with Crippen molar-refractivity contribution in [3.05, 3.63) is 64.6 Å². The molecule has 0 aliphatic heterocycles. The number of sulfonamides is 1. The molecule has 3 rings (SSSR count). The summed E-state index contributed by atoms with van der Waals surface area (Å²) in [5.74, 6) is -0.510. The van der Waals surface area contributed by atoms with Crippen LogP contribution in [0.4, 0.5) is 5.69 Å². The number of rotatable bonds is 9. The Kier molecular flexibility index (Phi) is 7.42. The van der Waals surface area contributed by atoms with Gasteiger partial charge < -0.3 is 5.32 Å². The van der Waals surface area contributed by atoms with Gasteiger partial charge in [-0.1, -0.05) is 51.5 Å². The van der Waals surface area contributed by atoms with Crippen LogP contribution in [0.1, 0.15) is 44.1 Å². The zero-order valence-corrected chi connectivity index (χ0v) is 19.4. The fourth-order valence-corrected chi connectivity index (χ4v) is 5.00. The predicted molar refractivity (Wildman–Crippen MR) is 125 cm³/mol. The summed E-state index contributed by atoms with van der Waals surface area (Å²) in [6.07, 6.45) is 1.65. The number of nitrogens with zero attached hydrogens (tertiary/aromatic N) is 3. The van der Waals surface area contributed by atoms with Gasteiger partial charge in [-0.2, -0.15) is 9.40 Å². The lowest BCUT2D eigenvalue weighted by atomic mass is 10.1. The molecule has 170 valence electrons. The van der Waals surface area contributed by atoms with Crippen molar-refractivity contribution in [2.75, 3.05) is 18.4 Å². The Bertz CT molecular complexity index is 1280. The largest absolute Gasteiger partial charge is 0.321 e. The Hall–Kier alpha value is -3.04. The average molecular weight is 457 g/mol. The van der Waals surface area contributed by atoms with Crippen molar-refractivity contribution >= 4 is 32.4 Å². The van der Waals surface area contributed by atoms with Gasteiger partial charge >= 0.3 is 0 Å². The van der Waals surface area contributed by atoms with Gasteiger partial charge in [0, 0.05) is 30.7 Å². The SMILES string of the molecule is CCCCn1nc(C(=O)Nc2cccc(S(=O)(=O)N(CC)CC)c2)c2ccccc2c1=O. The molecule has 1 heterocycles. The third kappa shape index (κ3) is 4.73. The summed E-state index contributed by atoms with van der Waals surface area (Å²) >= 11 is 0. The lowest BCUT2D eigenvalue weighted by Crippen LogP contribution is -2.30. The number of aryl methyl sites for hydroxylation is 1. The van der Waals surface area contributed by atoms with Crippen LogP contribution >= 0.6 is 0 Å². The number of unbranched alkanes of at least 4 members (excludes halogenated alkanes) is 1. The van der Waals surface area contributed by atoms with Crippen molar-refractivity contribution in [2.24, 2.45) is 0 Å². The van der Waals surface area contributed by atoms with Gasteiger partial charge in [0.2, 0.25) is 10.0 Å². The van der Waals surface area contributed by atoms with Crippen molar-refractivity contribution in [3.8, 4) is 0 Å². The Labute approximate surface area is 187 Å². The van der Waals surface area contributed by atoms with Crippen LogP contribution in [-0.4, -0.2) is 41.5 Å². The lowest BCUT2D eigenvalue weighted by molar-refractivity contribution is 0.102. The number of carbonyl (C=O) groups excluding carboxylic acids is 1. The quantitative estimate of drug-likeness (QED) is 0.531. The zero-order chi connectivity index (χ0) is 23.3. The average Bonchev–Trinajstić information content (AvgIpc) is 2.79. The molecule has 1 N–H and O–H groups in total. The number of hydrogen-bond acceptors (Lipinski definition) is 5. The Morgan fingerprint density at radius 2 is 1.72 bits per heavy atom. The highest BCUT2D eigenvalue weighted by Crippen LogP contribution is 2.21. The molecule has 2 aromatic carbocycles. The number of benzene rings is 2. The Morgan fingerprint density at radius 3 is 2.38 bits per heavy atom. The number of carbonyl (C=O) groups is 1. The predicted octanol–water partition coefficient (Wildman–Crippen LogP) is 3.48. The van der Waals surface area contributed by atoms with Crippen LogP contribution in [0.15, 0.2) is 58.2 Å². The molecule has 0 radical (unpaired) electrons. The van der Waals surface area contributed by atoms with E-state index in [1.165, 1.54) is 21.1 Å². The van der Waals surface area contributed by atoms with Gasteiger partial charge in [0.05, 0.1) is 10.3 Å². The van der Waals surface area contributed by atoms with E-state index in [0.717, 1.165) is 12.8 Å². The summed E-state index contributed by atoms with van der Waals surface area (Å²) in [4.78, 5) is 26.0. The van der Waals surface area contributed by atoms with Crippen molar-refractivity contribution in [1.82, 2.24) is 14.1 Å². The molecule has 0 atom stereocenters. The summed E-state index contributed by atoms with van der Waals surface area (Å²) in [6, 6.07) is 13.0. The molecule has 0 saturated carbocycles. The first-order valence-corrected chi connectivity index (χ1v) is 12.2. The monoisotopic (exact) mass is 456 g/mol. The molecule has 0 spiro atoms. The first kappa shape index (κ1) is 23.6. The molecule has 0 unspecified atom stereocenters. The molecular weight excluding hydrogens is 428 g/mol. The second kappa shape index (κ2) is 10.1. The van der Waals surface area contributed by atoms with Gasteiger partial charge in [-0.05, 0) is 30.7 Å². The van der Waals surface area contributed by atoms with Gasteiger partial charge in [-0.25, -0.2) is 13.1 Å². The third-order valence-corrected chi connectivity index (χ3v) is 7.29. The first-order chi connectivity index (χ1) is 15.3. The van der Waals surface area contributed by atoms with Crippen LogP contribution in [0.2, 0.25) is 0 Å². The second-order valence-corrected chi connectivity index (χ2v) is 9.29. The molecule has 9 heteroatoms. The van der Waals surface area contributed by atoms with E-state index in [9.17, 15) is 18.0 Å². The van der Waals surface area contributed by atoms with Crippen LogP contribution in [0, 0.1) is 0 Å². The fourth-order valence-electron chi connectivity index (χ4n) is 3.50. The minimum Gasteiger partial charge on any atom is -0.321 e. The fraction of sp³-hybridized carbons (Fsp3) is 0.348. The molecule has 0 aliphatic rings. The van der Waals surface area contributed by atoms with E-state index in [2.05, 4.69) is 10.4 Å². The summed E-state index contributed by atoms with van der Waals surface area (Å²) in [6.45, 7) is 6.68. The first-order valence-electron chi connectivity index (χ1n) is 10.7.